The maximum atomic E-state index is 12.9. The number of carbonyl (C=O) groups is 3. The summed E-state index contributed by atoms with van der Waals surface area (Å²) in [5, 5.41) is 11.8. The molecule has 3 rings (SSSR count). The fourth-order valence-electron chi connectivity index (χ4n) is 3.25. The van der Waals surface area contributed by atoms with Crippen LogP contribution in [0.2, 0.25) is 0 Å². The predicted molar refractivity (Wildman–Crippen MR) is 112 cm³/mol. The molecule has 1 atom stereocenters. The summed E-state index contributed by atoms with van der Waals surface area (Å²) >= 11 is 1.15. The summed E-state index contributed by atoms with van der Waals surface area (Å²) in [6.45, 7) is 0.747. The first kappa shape index (κ1) is 21.1. The Morgan fingerprint density at radius 1 is 1.23 bits per heavy atom. The summed E-state index contributed by atoms with van der Waals surface area (Å²) in [5.41, 5.74) is 12.0. The van der Waals surface area contributed by atoms with Crippen LogP contribution in [0.1, 0.15) is 35.2 Å². The smallest absolute Gasteiger partial charge is 0.341 e. The third-order valence-electron chi connectivity index (χ3n) is 4.68. The first-order valence-corrected chi connectivity index (χ1v) is 10.1. The Labute approximate surface area is 177 Å². The van der Waals surface area contributed by atoms with Crippen molar-refractivity contribution in [1.29, 1.82) is 5.26 Å². The second-order valence-electron chi connectivity index (χ2n) is 6.84. The number of amides is 4. The number of carbonyl (C=O) groups excluding carboxylic acids is 3. The minimum absolute atomic E-state index is 0.158. The fraction of sp³-hybridized carbons (Fsp3) is 0.300. The van der Waals surface area contributed by atoms with Crippen molar-refractivity contribution < 1.29 is 19.1 Å². The molecule has 1 aromatic carbocycles. The number of rotatable bonds is 4. The minimum Gasteiger partial charge on any atom is -0.457 e. The van der Waals surface area contributed by atoms with E-state index in [4.69, 9.17) is 21.5 Å². The van der Waals surface area contributed by atoms with E-state index in [-0.39, 0.29) is 17.1 Å². The van der Waals surface area contributed by atoms with E-state index in [0.29, 0.717) is 23.4 Å². The van der Waals surface area contributed by atoms with Crippen LogP contribution in [0.5, 0.6) is 0 Å². The van der Waals surface area contributed by atoms with Crippen molar-refractivity contribution in [3.05, 3.63) is 41.5 Å². The van der Waals surface area contributed by atoms with E-state index in [0.717, 1.165) is 29.7 Å². The number of hydrogen-bond acceptors (Lipinski definition) is 6. The zero-order chi connectivity index (χ0) is 21.7. The van der Waals surface area contributed by atoms with Gasteiger partial charge in [0, 0.05) is 11.4 Å². The number of hydrogen-bond donors (Lipinski definition) is 3. The third-order valence-corrected chi connectivity index (χ3v) is 5.78. The molecule has 2 heterocycles. The first-order valence-electron chi connectivity index (χ1n) is 9.33. The van der Waals surface area contributed by atoms with Crippen LogP contribution in [-0.2, 0) is 4.74 Å². The van der Waals surface area contributed by atoms with Gasteiger partial charge in [-0.25, -0.2) is 14.4 Å². The van der Waals surface area contributed by atoms with Crippen LogP contribution in [0.25, 0.3) is 10.4 Å². The van der Waals surface area contributed by atoms with E-state index in [9.17, 15) is 14.4 Å². The highest BCUT2D eigenvalue weighted by atomic mass is 32.1. The number of thiophene rings is 1. The predicted octanol–water partition coefficient (Wildman–Crippen LogP) is 2.87. The lowest BCUT2D eigenvalue weighted by Gasteiger charge is -2.22. The van der Waals surface area contributed by atoms with E-state index in [2.05, 4.69) is 11.4 Å². The quantitative estimate of drug-likeness (QED) is 0.641. The highest BCUT2D eigenvalue weighted by molar-refractivity contribution is 7.20. The van der Waals surface area contributed by atoms with Gasteiger partial charge in [-0.3, -0.25) is 5.32 Å². The van der Waals surface area contributed by atoms with Gasteiger partial charge in [0.1, 0.15) is 11.1 Å². The van der Waals surface area contributed by atoms with Crippen LogP contribution in [0.15, 0.2) is 30.3 Å². The molecule has 156 valence electrons. The molecule has 0 aliphatic carbocycles. The Bertz CT molecular complexity index is 1010. The van der Waals surface area contributed by atoms with E-state index in [1.54, 1.807) is 30.3 Å². The molecule has 5 N–H and O–H groups in total. The second kappa shape index (κ2) is 9.28. The zero-order valence-electron chi connectivity index (χ0n) is 16.1. The maximum Gasteiger partial charge on any atom is 0.341 e. The van der Waals surface area contributed by atoms with Gasteiger partial charge in [-0.1, -0.05) is 12.1 Å². The van der Waals surface area contributed by atoms with E-state index >= 15 is 0 Å². The summed E-state index contributed by atoms with van der Waals surface area (Å²) < 4.78 is 5.63. The van der Waals surface area contributed by atoms with Crippen molar-refractivity contribution in [1.82, 2.24) is 4.90 Å². The fourth-order valence-corrected chi connectivity index (χ4v) is 4.29. The summed E-state index contributed by atoms with van der Waals surface area (Å²) in [5.74, 6) is -0.631. The lowest BCUT2D eigenvalue weighted by atomic mass is 10.1. The van der Waals surface area contributed by atoms with Crippen molar-refractivity contribution in [2.75, 3.05) is 18.4 Å². The highest BCUT2D eigenvalue weighted by Crippen LogP contribution is 2.36. The number of anilines is 1. The molecule has 1 saturated heterocycles. The zero-order valence-corrected chi connectivity index (χ0v) is 16.9. The molecule has 1 aliphatic rings. The van der Waals surface area contributed by atoms with Gasteiger partial charge in [0.05, 0.1) is 23.7 Å². The summed E-state index contributed by atoms with van der Waals surface area (Å²) in [4.78, 5) is 37.9. The van der Waals surface area contributed by atoms with Gasteiger partial charge in [-0.05, 0) is 43.0 Å². The summed E-state index contributed by atoms with van der Waals surface area (Å²) in [7, 11) is 0. The molecule has 2 aromatic rings. The van der Waals surface area contributed by atoms with Crippen molar-refractivity contribution >= 4 is 34.4 Å². The van der Waals surface area contributed by atoms with Gasteiger partial charge >= 0.3 is 18.0 Å². The topological polar surface area (TPSA) is 152 Å². The molecule has 1 fully saturated rings. The number of primary amides is 2. The van der Waals surface area contributed by atoms with Crippen molar-refractivity contribution in [3.63, 3.8) is 0 Å². The van der Waals surface area contributed by atoms with Gasteiger partial charge in [-0.2, -0.15) is 5.26 Å². The van der Waals surface area contributed by atoms with Crippen molar-refractivity contribution in [2.24, 2.45) is 11.5 Å². The number of nitrogens with two attached hydrogens (primary N) is 2. The number of nitrogens with one attached hydrogen (secondary N) is 1. The molecule has 10 heteroatoms. The van der Waals surface area contributed by atoms with Crippen LogP contribution in [0, 0.1) is 11.3 Å². The van der Waals surface area contributed by atoms with Crippen LogP contribution < -0.4 is 16.8 Å². The SMILES string of the molecule is N#Cc1cccc(-c2cc(C(=O)OC3CCCCN(C(N)=O)C3)c(NC(N)=O)s2)c1. The van der Waals surface area contributed by atoms with Gasteiger partial charge in [0.15, 0.2) is 0 Å². The number of benzene rings is 1. The molecule has 4 amide bonds. The number of esters is 1. The van der Waals surface area contributed by atoms with E-state index in [1.165, 1.54) is 4.90 Å². The van der Waals surface area contributed by atoms with E-state index in [1.807, 2.05) is 0 Å². The molecule has 30 heavy (non-hydrogen) atoms. The normalized spacial score (nSPS) is 16.2. The Morgan fingerprint density at radius 2 is 2.03 bits per heavy atom. The van der Waals surface area contributed by atoms with Crippen molar-refractivity contribution in [3.8, 4) is 16.5 Å². The lowest BCUT2D eigenvalue weighted by Crippen LogP contribution is -2.41. The van der Waals surface area contributed by atoms with Gasteiger partial charge in [-0.15, -0.1) is 11.3 Å². The third kappa shape index (κ3) is 5.07. The van der Waals surface area contributed by atoms with Gasteiger partial charge in [0.25, 0.3) is 0 Å². The Morgan fingerprint density at radius 3 is 2.73 bits per heavy atom. The van der Waals surface area contributed by atoms with Crippen LogP contribution >= 0.6 is 11.3 Å². The minimum atomic E-state index is -0.808. The summed E-state index contributed by atoms with van der Waals surface area (Å²) in [6.07, 6.45) is 1.68. The highest BCUT2D eigenvalue weighted by Gasteiger charge is 2.26. The Balaban J connectivity index is 1.86. The molecule has 1 aliphatic heterocycles. The largest absolute Gasteiger partial charge is 0.457 e. The molecule has 0 spiro atoms. The molecular formula is C20H21N5O4S. The maximum absolute atomic E-state index is 12.9. The number of nitrogens with zero attached hydrogens (tertiary/aromatic N) is 2. The molecular weight excluding hydrogens is 406 g/mol. The number of ether oxygens (including phenoxy) is 1. The Hall–Kier alpha value is -3.58. The molecule has 1 unspecified atom stereocenters. The average molecular weight is 427 g/mol. The monoisotopic (exact) mass is 427 g/mol. The average Bonchev–Trinajstić information content (AvgIpc) is 2.98. The Kier molecular flexibility index (Phi) is 6.54. The number of nitriles is 1. The standard InChI is InChI=1S/C20H21N5O4S/c21-10-12-4-3-5-13(8-12)16-9-15(17(30-16)24-19(22)27)18(26)29-14-6-1-2-7-25(11-14)20(23)28/h3-5,8-9,14H,1-2,6-7,11H2,(H2,23,28)(H3,22,24,27). The van der Waals surface area contributed by atoms with Crippen LogP contribution in [-0.4, -0.2) is 42.1 Å². The number of likely N-dealkylation sites (tertiary alicyclic amines) is 1. The molecule has 9 nitrogen and oxygen atoms in total. The molecule has 0 radical (unpaired) electrons. The van der Waals surface area contributed by atoms with Crippen molar-refractivity contribution in [2.45, 2.75) is 25.4 Å². The van der Waals surface area contributed by atoms with Gasteiger partial charge in [0.2, 0.25) is 0 Å². The van der Waals surface area contributed by atoms with E-state index < -0.39 is 24.1 Å². The second-order valence-corrected chi connectivity index (χ2v) is 7.89. The first-order chi connectivity index (χ1) is 14.4. The van der Waals surface area contributed by atoms with Crippen LogP contribution in [0.3, 0.4) is 0 Å². The summed E-state index contributed by atoms with van der Waals surface area (Å²) in [6, 6.07) is 9.19. The molecule has 0 bridgehead atoms. The molecule has 0 saturated carbocycles. The van der Waals surface area contributed by atoms with Gasteiger partial charge < -0.3 is 21.1 Å². The molecule has 1 aromatic heterocycles. The number of urea groups is 2. The lowest BCUT2D eigenvalue weighted by molar-refractivity contribution is 0.0242. The van der Waals surface area contributed by atoms with Crippen LogP contribution in [0.4, 0.5) is 14.6 Å².